The van der Waals surface area contributed by atoms with Gasteiger partial charge in [-0.15, -0.1) is 0 Å². The Morgan fingerprint density at radius 1 is 1.25 bits per heavy atom. The SMILES string of the molecule is CC(C)CC(C)NCCS(=O)(=O)CC1CC1. The molecule has 0 saturated heterocycles. The van der Waals surface area contributed by atoms with Crippen molar-refractivity contribution < 1.29 is 8.42 Å². The van der Waals surface area contributed by atoms with E-state index in [4.69, 9.17) is 0 Å². The average Bonchev–Trinajstić information content (AvgIpc) is 2.85. The van der Waals surface area contributed by atoms with Crippen LogP contribution in [0.4, 0.5) is 0 Å². The molecular formula is C12H25NO2S. The van der Waals surface area contributed by atoms with Gasteiger partial charge in [-0.05, 0) is 38.0 Å². The average molecular weight is 247 g/mol. The van der Waals surface area contributed by atoms with E-state index in [-0.39, 0.29) is 0 Å². The summed E-state index contributed by atoms with van der Waals surface area (Å²) < 4.78 is 23.3. The summed E-state index contributed by atoms with van der Waals surface area (Å²) in [5.41, 5.74) is 0. The molecule has 4 heteroatoms. The third-order valence-electron chi connectivity index (χ3n) is 2.92. The molecule has 1 rings (SSSR count). The van der Waals surface area contributed by atoms with Crippen LogP contribution in [0.5, 0.6) is 0 Å². The molecule has 0 bridgehead atoms. The second-order valence-corrected chi connectivity index (χ2v) is 7.77. The van der Waals surface area contributed by atoms with E-state index < -0.39 is 9.84 Å². The molecule has 0 aromatic rings. The van der Waals surface area contributed by atoms with Gasteiger partial charge < -0.3 is 5.32 Å². The molecule has 1 saturated carbocycles. The molecule has 1 aliphatic rings. The highest BCUT2D eigenvalue weighted by Crippen LogP contribution is 2.30. The van der Waals surface area contributed by atoms with Crippen LogP contribution in [0.15, 0.2) is 0 Å². The largest absolute Gasteiger partial charge is 0.313 e. The van der Waals surface area contributed by atoms with E-state index in [0.29, 0.717) is 35.9 Å². The van der Waals surface area contributed by atoms with Gasteiger partial charge in [-0.3, -0.25) is 0 Å². The second-order valence-electron chi connectivity index (χ2n) is 5.54. The Morgan fingerprint density at radius 3 is 2.38 bits per heavy atom. The molecule has 0 heterocycles. The lowest BCUT2D eigenvalue weighted by molar-refractivity contribution is 0.450. The Bertz CT molecular complexity index is 294. The monoisotopic (exact) mass is 247 g/mol. The quantitative estimate of drug-likeness (QED) is 0.712. The number of nitrogens with one attached hydrogen (secondary N) is 1. The van der Waals surface area contributed by atoms with Gasteiger partial charge in [0.05, 0.1) is 11.5 Å². The van der Waals surface area contributed by atoms with Crippen LogP contribution >= 0.6 is 0 Å². The van der Waals surface area contributed by atoms with E-state index in [2.05, 4.69) is 26.1 Å². The van der Waals surface area contributed by atoms with E-state index in [9.17, 15) is 8.42 Å². The first kappa shape index (κ1) is 14.0. The Labute approximate surface area is 99.9 Å². The molecule has 1 N–H and O–H groups in total. The molecule has 1 fully saturated rings. The fourth-order valence-corrected chi connectivity index (χ4v) is 3.63. The maximum atomic E-state index is 11.6. The Morgan fingerprint density at radius 2 is 1.88 bits per heavy atom. The van der Waals surface area contributed by atoms with Gasteiger partial charge in [0.2, 0.25) is 0 Å². The van der Waals surface area contributed by atoms with Gasteiger partial charge in [-0.2, -0.15) is 0 Å². The van der Waals surface area contributed by atoms with Crippen molar-refractivity contribution in [2.45, 2.75) is 46.1 Å². The summed E-state index contributed by atoms with van der Waals surface area (Å²) in [6, 6.07) is 0.413. The van der Waals surface area contributed by atoms with Crippen LogP contribution in [0.25, 0.3) is 0 Å². The van der Waals surface area contributed by atoms with E-state index in [1.165, 1.54) is 0 Å². The van der Waals surface area contributed by atoms with Gasteiger partial charge in [0.15, 0.2) is 9.84 Å². The predicted molar refractivity (Wildman–Crippen MR) is 68.3 cm³/mol. The van der Waals surface area contributed by atoms with Gasteiger partial charge in [-0.25, -0.2) is 8.42 Å². The van der Waals surface area contributed by atoms with Crippen molar-refractivity contribution in [3.05, 3.63) is 0 Å². The van der Waals surface area contributed by atoms with Crippen molar-refractivity contribution in [3.63, 3.8) is 0 Å². The smallest absolute Gasteiger partial charge is 0.151 e. The molecule has 0 aromatic carbocycles. The third-order valence-corrected chi connectivity index (χ3v) is 4.72. The summed E-state index contributed by atoms with van der Waals surface area (Å²) in [7, 11) is -2.80. The first-order valence-electron chi connectivity index (χ1n) is 6.33. The maximum Gasteiger partial charge on any atom is 0.151 e. The minimum atomic E-state index is -2.80. The van der Waals surface area contributed by atoms with Crippen molar-refractivity contribution in [2.24, 2.45) is 11.8 Å². The summed E-state index contributed by atoms with van der Waals surface area (Å²) in [6.07, 6.45) is 3.31. The second kappa shape index (κ2) is 6.01. The molecule has 3 nitrogen and oxygen atoms in total. The Hall–Kier alpha value is -0.0900. The number of rotatable bonds is 8. The molecule has 96 valence electrons. The molecule has 0 aliphatic heterocycles. The van der Waals surface area contributed by atoms with Crippen molar-refractivity contribution in [2.75, 3.05) is 18.1 Å². The number of hydrogen-bond acceptors (Lipinski definition) is 3. The van der Waals surface area contributed by atoms with Gasteiger partial charge >= 0.3 is 0 Å². The summed E-state index contributed by atoms with van der Waals surface area (Å²) in [6.45, 7) is 7.08. The number of hydrogen-bond donors (Lipinski definition) is 1. The fourth-order valence-electron chi connectivity index (χ4n) is 1.98. The fraction of sp³-hybridized carbons (Fsp3) is 1.00. The minimum absolute atomic E-state index is 0.298. The summed E-state index contributed by atoms with van der Waals surface area (Å²) in [4.78, 5) is 0. The van der Waals surface area contributed by atoms with Crippen LogP contribution in [0, 0.1) is 11.8 Å². The zero-order valence-corrected chi connectivity index (χ0v) is 11.5. The van der Waals surface area contributed by atoms with E-state index in [1.807, 2.05) is 0 Å². The highest BCUT2D eigenvalue weighted by atomic mass is 32.2. The third kappa shape index (κ3) is 6.48. The van der Waals surface area contributed by atoms with E-state index in [1.54, 1.807) is 0 Å². The van der Waals surface area contributed by atoms with Crippen molar-refractivity contribution in [1.29, 1.82) is 0 Å². The maximum absolute atomic E-state index is 11.6. The van der Waals surface area contributed by atoms with Crippen LogP contribution in [0.3, 0.4) is 0 Å². The molecule has 1 aliphatic carbocycles. The van der Waals surface area contributed by atoms with Gasteiger partial charge in [0, 0.05) is 12.6 Å². The Balaban J connectivity index is 2.13. The molecule has 0 amide bonds. The van der Waals surface area contributed by atoms with E-state index >= 15 is 0 Å². The predicted octanol–water partition coefficient (Wildman–Crippen LogP) is 1.84. The van der Waals surface area contributed by atoms with Gasteiger partial charge in [0.1, 0.15) is 0 Å². The lowest BCUT2D eigenvalue weighted by atomic mass is 10.1. The standard InChI is InChI=1S/C12H25NO2S/c1-10(2)8-11(3)13-6-7-16(14,15)9-12-4-5-12/h10-13H,4-9H2,1-3H3. The van der Waals surface area contributed by atoms with Gasteiger partial charge in [-0.1, -0.05) is 13.8 Å². The molecule has 1 atom stereocenters. The van der Waals surface area contributed by atoms with Crippen LogP contribution in [-0.2, 0) is 9.84 Å². The molecule has 0 radical (unpaired) electrons. The molecule has 1 unspecified atom stereocenters. The van der Waals surface area contributed by atoms with Crippen molar-refractivity contribution >= 4 is 9.84 Å². The zero-order valence-electron chi connectivity index (χ0n) is 10.7. The van der Waals surface area contributed by atoms with Crippen molar-refractivity contribution in [3.8, 4) is 0 Å². The van der Waals surface area contributed by atoms with Crippen LogP contribution in [0.1, 0.15) is 40.0 Å². The van der Waals surface area contributed by atoms with Crippen LogP contribution in [-0.4, -0.2) is 32.5 Å². The first-order valence-corrected chi connectivity index (χ1v) is 8.15. The molecule has 16 heavy (non-hydrogen) atoms. The van der Waals surface area contributed by atoms with Gasteiger partial charge in [0.25, 0.3) is 0 Å². The molecule has 0 spiro atoms. The summed E-state index contributed by atoms with van der Waals surface area (Å²) >= 11 is 0. The highest BCUT2D eigenvalue weighted by molar-refractivity contribution is 7.91. The first-order chi connectivity index (χ1) is 7.39. The van der Waals surface area contributed by atoms with Crippen LogP contribution < -0.4 is 5.32 Å². The normalized spacial score (nSPS) is 19.0. The van der Waals surface area contributed by atoms with E-state index in [0.717, 1.165) is 19.3 Å². The summed E-state index contributed by atoms with van der Waals surface area (Å²) in [5, 5.41) is 3.28. The summed E-state index contributed by atoms with van der Waals surface area (Å²) in [5.74, 6) is 1.84. The highest BCUT2D eigenvalue weighted by Gasteiger charge is 2.27. The lowest BCUT2D eigenvalue weighted by Gasteiger charge is -2.15. The minimum Gasteiger partial charge on any atom is -0.313 e. The van der Waals surface area contributed by atoms with Crippen LogP contribution in [0.2, 0.25) is 0 Å². The molecular weight excluding hydrogens is 222 g/mol. The molecule has 0 aromatic heterocycles. The van der Waals surface area contributed by atoms with Crippen molar-refractivity contribution in [1.82, 2.24) is 5.32 Å². The zero-order chi connectivity index (χ0) is 12.2. The Kier molecular flexibility index (Phi) is 5.25. The topological polar surface area (TPSA) is 46.2 Å². The number of sulfone groups is 1. The lowest BCUT2D eigenvalue weighted by Crippen LogP contribution is -2.32.